The van der Waals surface area contributed by atoms with Crippen LogP contribution in [0, 0.1) is 0 Å². The van der Waals surface area contributed by atoms with Gasteiger partial charge in [0.15, 0.2) is 5.76 Å². The molecular weight excluding hydrogens is 280 g/mol. The maximum Gasteiger partial charge on any atom is 0.232 e. The van der Waals surface area contributed by atoms with Crippen molar-refractivity contribution in [2.45, 2.75) is 44.9 Å². The van der Waals surface area contributed by atoms with E-state index in [-0.39, 0.29) is 23.5 Å². The van der Waals surface area contributed by atoms with E-state index in [1.165, 1.54) is 0 Å². The summed E-state index contributed by atoms with van der Waals surface area (Å²) in [6.07, 6.45) is 4.03. The number of hydrogen-bond donors (Lipinski definition) is 2. The van der Waals surface area contributed by atoms with Crippen molar-refractivity contribution in [3.63, 3.8) is 0 Å². The molecule has 116 valence electrons. The molecule has 1 aromatic heterocycles. The lowest BCUT2D eigenvalue weighted by Gasteiger charge is -2.25. The summed E-state index contributed by atoms with van der Waals surface area (Å²) in [4.78, 5) is 12.7. The third kappa shape index (κ3) is 2.58. The van der Waals surface area contributed by atoms with E-state index in [1.54, 1.807) is 18.3 Å². The van der Waals surface area contributed by atoms with Crippen LogP contribution in [0.5, 0.6) is 5.75 Å². The van der Waals surface area contributed by atoms with E-state index in [0.29, 0.717) is 11.4 Å². The first-order valence-electron chi connectivity index (χ1n) is 7.64. The van der Waals surface area contributed by atoms with Crippen LogP contribution in [0.15, 0.2) is 28.9 Å². The number of carbonyl (C=O) groups is 1. The Morgan fingerprint density at radius 2 is 2.27 bits per heavy atom. The third-order valence-corrected chi connectivity index (χ3v) is 4.18. The van der Waals surface area contributed by atoms with Gasteiger partial charge in [-0.1, -0.05) is 31.1 Å². The van der Waals surface area contributed by atoms with Gasteiger partial charge in [0.2, 0.25) is 5.91 Å². The minimum Gasteiger partial charge on any atom is -0.508 e. The number of phenolic OH excluding ortho intramolecular Hbond substituents is 1. The maximum absolute atomic E-state index is 12.7. The van der Waals surface area contributed by atoms with Crippen molar-refractivity contribution in [2.24, 2.45) is 0 Å². The SMILES string of the molecule is CC(C)c1oncc1NC(=O)C1CCCc2c(O)cccc21. The monoisotopic (exact) mass is 300 g/mol. The van der Waals surface area contributed by atoms with E-state index in [4.69, 9.17) is 4.52 Å². The topological polar surface area (TPSA) is 75.4 Å². The average Bonchev–Trinajstić information content (AvgIpc) is 2.95. The summed E-state index contributed by atoms with van der Waals surface area (Å²) in [5.74, 6) is 0.797. The van der Waals surface area contributed by atoms with Crippen LogP contribution in [-0.2, 0) is 11.2 Å². The van der Waals surface area contributed by atoms with Crippen molar-refractivity contribution in [1.82, 2.24) is 5.16 Å². The van der Waals surface area contributed by atoms with Crippen LogP contribution in [-0.4, -0.2) is 16.2 Å². The number of amides is 1. The zero-order chi connectivity index (χ0) is 15.7. The van der Waals surface area contributed by atoms with Gasteiger partial charge in [-0.3, -0.25) is 4.79 Å². The van der Waals surface area contributed by atoms with Gasteiger partial charge in [0.1, 0.15) is 11.4 Å². The van der Waals surface area contributed by atoms with Gasteiger partial charge in [-0.05, 0) is 36.5 Å². The van der Waals surface area contributed by atoms with Gasteiger partial charge in [0, 0.05) is 5.92 Å². The first-order valence-corrected chi connectivity index (χ1v) is 7.64. The van der Waals surface area contributed by atoms with Crippen molar-refractivity contribution in [2.75, 3.05) is 5.32 Å². The molecule has 1 aliphatic carbocycles. The third-order valence-electron chi connectivity index (χ3n) is 4.18. The Kier molecular flexibility index (Phi) is 3.88. The molecule has 0 aliphatic heterocycles. The molecular formula is C17H20N2O3. The van der Waals surface area contributed by atoms with E-state index in [1.807, 2.05) is 19.9 Å². The Labute approximate surface area is 129 Å². The first kappa shape index (κ1) is 14.6. The summed E-state index contributed by atoms with van der Waals surface area (Å²) in [6.45, 7) is 3.98. The predicted octanol–water partition coefficient (Wildman–Crippen LogP) is 3.56. The summed E-state index contributed by atoms with van der Waals surface area (Å²) in [7, 11) is 0. The van der Waals surface area contributed by atoms with E-state index in [9.17, 15) is 9.90 Å². The van der Waals surface area contributed by atoms with Gasteiger partial charge in [0.05, 0.1) is 12.1 Å². The van der Waals surface area contributed by atoms with Gasteiger partial charge in [-0.25, -0.2) is 0 Å². The van der Waals surface area contributed by atoms with Crippen molar-refractivity contribution < 1.29 is 14.4 Å². The molecule has 0 bridgehead atoms. The second-order valence-corrected chi connectivity index (χ2v) is 6.04. The van der Waals surface area contributed by atoms with Crippen LogP contribution in [0.4, 0.5) is 5.69 Å². The van der Waals surface area contributed by atoms with Gasteiger partial charge in [-0.2, -0.15) is 0 Å². The first-order chi connectivity index (χ1) is 10.6. The van der Waals surface area contributed by atoms with Crippen LogP contribution in [0.3, 0.4) is 0 Å². The number of carbonyl (C=O) groups excluding carboxylic acids is 1. The molecule has 5 heteroatoms. The van der Waals surface area contributed by atoms with Gasteiger partial charge in [0.25, 0.3) is 0 Å². The zero-order valence-corrected chi connectivity index (χ0v) is 12.8. The Balaban J connectivity index is 1.85. The molecule has 0 saturated carbocycles. The maximum atomic E-state index is 12.7. The lowest BCUT2D eigenvalue weighted by atomic mass is 9.82. The molecule has 22 heavy (non-hydrogen) atoms. The van der Waals surface area contributed by atoms with E-state index in [0.717, 1.165) is 30.4 Å². The molecule has 0 spiro atoms. The number of hydrogen-bond acceptors (Lipinski definition) is 4. The molecule has 5 nitrogen and oxygen atoms in total. The normalized spacial score (nSPS) is 17.3. The molecule has 3 rings (SSSR count). The highest BCUT2D eigenvalue weighted by atomic mass is 16.5. The van der Waals surface area contributed by atoms with Crippen LogP contribution in [0.1, 0.15) is 55.4 Å². The quantitative estimate of drug-likeness (QED) is 0.908. The lowest BCUT2D eigenvalue weighted by Crippen LogP contribution is -2.25. The second kappa shape index (κ2) is 5.83. The fourth-order valence-corrected chi connectivity index (χ4v) is 3.08. The van der Waals surface area contributed by atoms with Crippen molar-refractivity contribution in [1.29, 1.82) is 0 Å². The molecule has 0 fully saturated rings. The summed E-state index contributed by atoms with van der Waals surface area (Å²) < 4.78 is 5.20. The molecule has 0 radical (unpaired) electrons. The minimum atomic E-state index is -0.245. The van der Waals surface area contributed by atoms with Crippen LogP contribution < -0.4 is 5.32 Å². The number of anilines is 1. The Bertz CT molecular complexity index is 691. The Morgan fingerprint density at radius 1 is 1.45 bits per heavy atom. The fraction of sp³-hybridized carbons (Fsp3) is 0.412. The largest absolute Gasteiger partial charge is 0.508 e. The summed E-state index contributed by atoms with van der Waals surface area (Å²) in [6, 6.07) is 5.39. The molecule has 1 unspecified atom stereocenters. The molecule has 0 saturated heterocycles. The molecule has 1 atom stereocenters. The van der Waals surface area contributed by atoms with Crippen LogP contribution in [0.2, 0.25) is 0 Å². The Morgan fingerprint density at radius 3 is 3.05 bits per heavy atom. The molecule has 1 aromatic carbocycles. The Hall–Kier alpha value is -2.30. The highest BCUT2D eigenvalue weighted by Crippen LogP contribution is 2.37. The molecule has 2 N–H and O–H groups in total. The minimum absolute atomic E-state index is 0.0725. The number of nitrogens with one attached hydrogen (secondary N) is 1. The standard InChI is InChI=1S/C17H20N2O3/c1-10(2)16-14(9-18-22-16)19-17(21)13-7-3-6-12-11(13)5-4-8-15(12)20/h4-5,8-10,13,20H,3,6-7H2,1-2H3,(H,19,21). The van der Waals surface area contributed by atoms with Crippen molar-refractivity contribution in [3.8, 4) is 5.75 Å². The van der Waals surface area contributed by atoms with Crippen molar-refractivity contribution >= 4 is 11.6 Å². The van der Waals surface area contributed by atoms with Gasteiger partial charge in [-0.15, -0.1) is 0 Å². The highest BCUT2D eigenvalue weighted by molar-refractivity contribution is 5.96. The number of fused-ring (bicyclic) bond motifs is 1. The summed E-state index contributed by atoms with van der Waals surface area (Å²) in [5.41, 5.74) is 2.45. The second-order valence-electron chi connectivity index (χ2n) is 6.04. The van der Waals surface area contributed by atoms with Crippen LogP contribution >= 0.6 is 0 Å². The van der Waals surface area contributed by atoms with Gasteiger partial charge < -0.3 is 14.9 Å². The van der Waals surface area contributed by atoms with E-state index in [2.05, 4.69) is 10.5 Å². The summed E-state index contributed by atoms with van der Waals surface area (Å²) in [5, 5.41) is 16.7. The average molecular weight is 300 g/mol. The van der Waals surface area contributed by atoms with Crippen molar-refractivity contribution in [3.05, 3.63) is 41.3 Å². The predicted molar refractivity (Wildman–Crippen MR) is 83.0 cm³/mol. The molecule has 1 aliphatic rings. The van der Waals surface area contributed by atoms with E-state index >= 15 is 0 Å². The van der Waals surface area contributed by atoms with Gasteiger partial charge >= 0.3 is 0 Å². The zero-order valence-electron chi connectivity index (χ0n) is 12.8. The summed E-state index contributed by atoms with van der Waals surface area (Å²) >= 11 is 0. The number of phenols is 1. The lowest BCUT2D eigenvalue weighted by molar-refractivity contribution is -0.117. The number of aromatic hydroxyl groups is 1. The number of rotatable bonds is 3. The fourth-order valence-electron chi connectivity index (χ4n) is 3.08. The van der Waals surface area contributed by atoms with Crippen LogP contribution in [0.25, 0.3) is 0 Å². The van der Waals surface area contributed by atoms with E-state index < -0.39 is 0 Å². The number of nitrogens with zero attached hydrogens (tertiary/aromatic N) is 1. The smallest absolute Gasteiger partial charge is 0.232 e. The molecule has 1 amide bonds. The molecule has 2 aromatic rings. The highest BCUT2D eigenvalue weighted by Gasteiger charge is 2.29. The number of benzene rings is 1. The number of aromatic nitrogens is 1. The molecule has 1 heterocycles.